The van der Waals surface area contributed by atoms with E-state index < -0.39 is 0 Å². The van der Waals surface area contributed by atoms with Gasteiger partial charge in [0.25, 0.3) is 0 Å². The second kappa shape index (κ2) is 7.09. The third-order valence-corrected chi connectivity index (χ3v) is 3.63. The van der Waals surface area contributed by atoms with Crippen molar-refractivity contribution in [1.82, 2.24) is 0 Å². The van der Waals surface area contributed by atoms with Gasteiger partial charge in [0, 0.05) is 11.8 Å². The Morgan fingerprint density at radius 1 is 1.24 bits per heavy atom. The van der Waals surface area contributed by atoms with Crippen LogP contribution in [-0.4, -0.2) is 13.0 Å². The zero-order chi connectivity index (χ0) is 15.2. The van der Waals surface area contributed by atoms with Crippen molar-refractivity contribution in [1.29, 1.82) is 0 Å². The van der Waals surface area contributed by atoms with Crippen molar-refractivity contribution in [3.63, 3.8) is 0 Å². The molecule has 0 aliphatic rings. The molecule has 0 unspecified atom stereocenters. The second-order valence-electron chi connectivity index (χ2n) is 4.53. The van der Waals surface area contributed by atoms with Crippen LogP contribution in [0.4, 0.5) is 5.69 Å². The SMILES string of the molecule is COc1ccc(/C=C/C(=O)Nc2ccccc2C)cc1Br. The van der Waals surface area contributed by atoms with Gasteiger partial charge in [-0.2, -0.15) is 0 Å². The Morgan fingerprint density at radius 2 is 2.00 bits per heavy atom. The topological polar surface area (TPSA) is 38.3 Å². The first-order chi connectivity index (χ1) is 10.1. The van der Waals surface area contributed by atoms with E-state index in [1.165, 1.54) is 6.08 Å². The molecule has 0 spiro atoms. The number of nitrogens with one attached hydrogen (secondary N) is 1. The Balaban J connectivity index is 2.05. The Bertz CT molecular complexity index is 680. The highest BCUT2D eigenvalue weighted by molar-refractivity contribution is 9.10. The van der Waals surface area contributed by atoms with Gasteiger partial charge in [-0.3, -0.25) is 4.79 Å². The smallest absolute Gasteiger partial charge is 0.248 e. The van der Waals surface area contributed by atoms with E-state index >= 15 is 0 Å². The van der Waals surface area contributed by atoms with E-state index in [0.29, 0.717) is 0 Å². The fourth-order valence-corrected chi connectivity index (χ4v) is 2.40. The summed E-state index contributed by atoms with van der Waals surface area (Å²) in [6.45, 7) is 1.96. The van der Waals surface area contributed by atoms with Crippen LogP contribution in [0.25, 0.3) is 6.08 Å². The monoisotopic (exact) mass is 345 g/mol. The van der Waals surface area contributed by atoms with Crippen molar-refractivity contribution in [2.75, 3.05) is 12.4 Å². The highest BCUT2D eigenvalue weighted by Crippen LogP contribution is 2.26. The average molecular weight is 346 g/mol. The zero-order valence-corrected chi connectivity index (χ0v) is 13.5. The maximum atomic E-state index is 11.9. The van der Waals surface area contributed by atoms with Gasteiger partial charge in [-0.25, -0.2) is 0 Å². The minimum atomic E-state index is -0.156. The Kier molecular flexibility index (Phi) is 5.17. The molecule has 0 fully saturated rings. The number of hydrogen-bond acceptors (Lipinski definition) is 2. The molecule has 4 heteroatoms. The predicted octanol–water partition coefficient (Wildman–Crippen LogP) is 4.42. The lowest BCUT2D eigenvalue weighted by molar-refractivity contribution is -0.111. The zero-order valence-electron chi connectivity index (χ0n) is 11.9. The lowest BCUT2D eigenvalue weighted by Gasteiger charge is -2.05. The van der Waals surface area contributed by atoms with Crippen LogP contribution < -0.4 is 10.1 Å². The highest BCUT2D eigenvalue weighted by Gasteiger charge is 2.02. The molecule has 2 rings (SSSR count). The van der Waals surface area contributed by atoms with Crippen LogP contribution in [0.3, 0.4) is 0 Å². The molecule has 0 bridgehead atoms. The normalized spacial score (nSPS) is 10.6. The number of rotatable bonds is 4. The predicted molar refractivity (Wildman–Crippen MR) is 89.5 cm³/mol. The summed E-state index contributed by atoms with van der Waals surface area (Å²) in [7, 11) is 1.62. The molecule has 0 aromatic heterocycles. The van der Waals surface area contributed by atoms with E-state index in [2.05, 4.69) is 21.2 Å². The summed E-state index contributed by atoms with van der Waals surface area (Å²) >= 11 is 3.42. The number of anilines is 1. The van der Waals surface area contributed by atoms with Crippen LogP contribution in [0.1, 0.15) is 11.1 Å². The van der Waals surface area contributed by atoms with Gasteiger partial charge in [-0.05, 0) is 58.3 Å². The summed E-state index contributed by atoms with van der Waals surface area (Å²) in [4.78, 5) is 11.9. The van der Waals surface area contributed by atoms with E-state index in [9.17, 15) is 4.79 Å². The van der Waals surface area contributed by atoms with Crippen LogP contribution in [0.2, 0.25) is 0 Å². The lowest BCUT2D eigenvalue weighted by Crippen LogP contribution is -2.08. The summed E-state index contributed by atoms with van der Waals surface area (Å²) in [5.41, 5.74) is 2.78. The van der Waals surface area contributed by atoms with Crippen LogP contribution in [-0.2, 0) is 4.79 Å². The molecule has 0 saturated heterocycles. The van der Waals surface area contributed by atoms with E-state index in [1.54, 1.807) is 13.2 Å². The van der Waals surface area contributed by atoms with Crippen LogP contribution >= 0.6 is 15.9 Å². The van der Waals surface area contributed by atoms with Gasteiger partial charge in [0.2, 0.25) is 5.91 Å². The fourth-order valence-electron chi connectivity index (χ4n) is 1.85. The largest absolute Gasteiger partial charge is 0.496 e. The Labute approximate surface area is 132 Å². The molecule has 0 heterocycles. The molecule has 1 amide bonds. The summed E-state index contributed by atoms with van der Waals surface area (Å²) < 4.78 is 6.02. The van der Waals surface area contributed by atoms with Crippen molar-refractivity contribution in [3.05, 3.63) is 64.1 Å². The van der Waals surface area contributed by atoms with E-state index in [0.717, 1.165) is 27.0 Å². The fraction of sp³-hybridized carbons (Fsp3) is 0.118. The molecule has 2 aromatic carbocycles. The summed E-state index contributed by atoms with van der Waals surface area (Å²) in [6.07, 6.45) is 3.28. The minimum Gasteiger partial charge on any atom is -0.496 e. The standard InChI is InChI=1S/C17H16BrNO2/c1-12-5-3-4-6-15(12)19-17(20)10-8-13-7-9-16(21-2)14(18)11-13/h3-11H,1-2H3,(H,19,20)/b10-8+. The molecule has 0 radical (unpaired) electrons. The summed E-state index contributed by atoms with van der Waals surface area (Å²) in [5.74, 6) is 0.604. The number of ether oxygens (including phenoxy) is 1. The van der Waals surface area contributed by atoms with Gasteiger partial charge < -0.3 is 10.1 Å². The number of methoxy groups -OCH3 is 1. The molecule has 108 valence electrons. The summed E-state index contributed by atoms with van der Waals surface area (Å²) in [6, 6.07) is 13.3. The van der Waals surface area contributed by atoms with Crippen molar-refractivity contribution < 1.29 is 9.53 Å². The number of halogens is 1. The second-order valence-corrected chi connectivity index (χ2v) is 5.39. The number of aryl methyl sites for hydroxylation is 1. The minimum absolute atomic E-state index is 0.156. The van der Waals surface area contributed by atoms with E-state index in [1.807, 2.05) is 49.4 Å². The van der Waals surface area contributed by atoms with Crippen LogP contribution in [0.15, 0.2) is 53.0 Å². The van der Waals surface area contributed by atoms with Gasteiger partial charge in [-0.1, -0.05) is 24.3 Å². The number of amides is 1. The van der Waals surface area contributed by atoms with Crippen molar-refractivity contribution in [2.24, 2.45) is 0 Å². The van der Waals surface area contributed by atoms with Crippen molar-refractivity contribution >= 4 is 33.6 Å². The van der Waals surface area contributed by atoms with Crippen molar-refractivity contribution in [2.45, 2.75) is 6.92 Å². The third kappa shape index (κ3) is 4.20. The number of para-hydroxylation sites is 1. The molecule has 0 aliphatic carbocycles. The molecule has 21 heavy (non-hydrogen) atoms. The first kappa shape index (κ1) is 15.3. The number of carbonyl (C=O) groups excluding carboxylic acids is 1. The van der Waals surface area contributed by atoms with E-state index in [4.69, 9.17) is 4.74 Å². The third-order valence-electron chi connectivity index (χ3n) is 3.01. The Morgan fingerprint density at radius 3 is 2.67 bits per heavy atom. The van der Waals surface area contributed by atoms with Gasteiger partial charge in [0.1, 0.15) is 5.75 Å². The van der Waals surface area contributed by atoms with Gasteiger partial charge >= 0.3 is 0 Å². The quantitative estimate of drug-likeness (QED) is 0.833. The maximum Gasteiger partial charge on any atom is 0.248 e. The summed E-state index contributed by atoms with van der Waals surface area (Å²) in [5, 5.41) is 2.86. The lowest BCUT2D eigenvalue weighted by atomic mass is 10.2. The first-order valence-electron chi connectivity index (χ1n) is 6.48. The molecular weight excluding hydrogens is 330 g/mol. The van der Waals surface area contributed by atoms with Crippen LogP contribution in [0.5, 0.6) is 5.75 Å². The average Bonchev–Trinajstić information content (AvgIpc) is 2.48. The Hall–Kier alpha value is -2.07. The molecule has 2 aromatic rings. The molecular formula is C17H16BrNO2. The van der Waals surface area contributed by atoms with Crippen LogP contribution in [0, 0.1) is 6.92 Å². The van der Waals surface area contributed by atoms with Gasteiger partial charge in [0.05, 0.1) is 11.6 Å². The number of benzene rings is 2. The molecule has 0 saturated carbocycles. The van der Waals surface area contributed by atoms with Crippen molar-refractivity contribution in [3.8, 4) is 5.75 Å². The first-order valence-corrected chi connectivity index (χ1v) is 7.27. The molecule has 1 N–H and O–H groups in total. The number of carbonyl (C=O) groups is 1. The van der Waals surface area contributed by atoms with Gasteiger partial charge in [0.15, 0.2) is 0 Å². The number of hydrogen-bond donors (Lipinski definition) is 1. The highest BCUT2D eigenvalue weighted by atomic mass is 79.9. The molecule has 0 aliphatic heterocycles. The van der Waals surface area contributed by atoms with E-state index in [-0.39, 0.29) is 5.91 Å². The molecule has 3 nitrogen and oxygen atoms in total. The maximum absolute atomic E-state index is 11.9. The van der Waals surface area contributed by atoms with Gasteiger partial charge in [-0.15, -0.1) is 0 Å². The molecule has 0 atom stereocenters.